The summed E-state index contributed by atoms with van der Waals surface area (Å²) in [6.45, 7) is 11.4. The van der Waals surface area contributed by atoms with E-state index in [1.165, 1.54) is 0 Å². The second kappa shape index (κ2) is 11.9. The molecule has 0 unspecified atom stereocenters. The van der Waals surface area contributed by atoms with Crippen molar-refractivity contribution in [2.45, 2.75) is 20.3 Å². The van der Waals surface area contributed by atoms with E-state index >= 15 is 0 Å². The maximum absolute atomic E-state index is 8.42. The first-order valence-electron chi connectivity index (χ1n) is 3.89. The van der Waals surface area contributed by atoms with Gasteiger partial charge in [0.2, 0.25) is 0 Å². The molecule has 0 aliphatic carbocycles. The van der Waals surface area contributed by atoms with Crippen molar-refractivity contribution >= 4 is 0 Å². The monoisotopic (exact) mass is 154 g/mol. The molecule has 0 rings (SSSR count). The summed E-state index contributed by atoms with van der Waals surface area (Å²) in [5.74, 6) is 0. The molecular weight excluding hydrogens is 136 g/mol. The largest absolute Gasteiger partial charge is 0.396 e. The molecule has 0 aliphatic rings. The average Bonchev–Trinajstić information content (AvgIpc) is 2.05. The molecule has 1 nitrogen and oxygen atoms in total. The first-order valence-corrected chi connectivity index (χ1v) is 3.89. The van der Waals surface area contributed by atoms with Crippen molar-refractivity contribution in [3.63, 3.8) is 0 Å². The van der Waals surface area contributed by atoms with E-state index in [9.17, 15) is 0 Å². The van der Waals surface area contributed by atoms with Crippen molar-refractivity contribution in [3.8, 4) is 0 Å². The number of aliphatic hydroxyl groups is 1. The molecule has 0 atom stereocenters. The molecule has 0 bridgehead atoms. The van der Waals surface area contributed by atoms with Crippen LogP contribution < -0.4 is 0 Å². The van der Waals surface area contributed by atoms with E-state index in [-0.39, 0.29) is 6.61 Å². The number of hydrogen-bond acceptors (Lipinski definition) is 1. The van der Waals surface area contributed by atoms with E-state index in [0.717, 1.165) is 5.57 Å². The first kappa shape index (κ1) is 12.8. The minimum Gasteiger partial charge on any atom is -0.396 e. The number of hydrogen-bond donors (Lipinski definition) is 1. The van der Waals surface area contributed by atoms with Gasteiger partial charge in [-0.1, -0.05) is 50.8 Å². The molecule has 0 amide bonds. The van der Waals surface area contributed by atoms with Crippen LogP contribution in [-0.4, -0.2) is 11.7 Å². The van der Waals surface area contributed by atoms with E-state index in [2.05, 4.69) is 13.2 Å². The number of rotatable bonds is 4. The van der Waals surface area contributed by atoms with Crippen LogP contribution in [0.15, 0.2) is 37.0 Å². The summed E-state index contributed by atoms with van der Waals surface area (Å²) in [4.78, 5) is 0. The molecule has 0 radical (unpaired) electrons. The Balaban J connectivity index is 0. The second-order valence-corrected chi connectivity index (χ2v) is 1.73. The second-order valence-electron chi connectivity index (χ2n) is 1.73. The molecule has 0 heterocycles. The normalized spacial score (nSPS) is 8.64. The summed E-state index contributed by atoms with van der Waals surface area (Å²) in [7, 11) is 0. The lowest BCUT2D eigenvalue weighted by molar-refractivity contribution is 0.300. The van der Waals surface area contributed by atoms with Gasteiger partial charge in [-0.2, -0.15) is 0 Å². The maximum Gasteiger partial charge on any atom is 0.0471 e. The topological polar surface area (TPSA) is 20.2 Å². The molecule has 1 heteroatoms. The Kier molecular flexibility index (Phi) is 13.9. The Bertz CT molecular complexity index is 123. The Labute approximate surface area is 69.8 Å². The van der Waals surface area contributed by atoms with Crippen LogP contribution in [-0.2, 0) is 0 Å². The van der Waals surface area contributed by atoms with E-state index in [0.29, 0.717) is 6.42 Å². The standard InChI is InChI=1S/C8H12O.C2H6/c1-3-4-5-8(2)6-7-9;1-2/h3-5,9H,1-2,6-7H2;1-2H3/b5-4-;. The lowest BCUT2D eigenvalue weighted by Gasteiger charge is -1.91. The summed E-state index contributed by atoms with van der Waals surface area (Å²) in [6, 6.07) is 0. The third-order valence-electron chi connectivity index (χ3n) is 0.901. The van der Waals surface area contributed by atoms with Gasteiger partial charge < -0.3 is 5.11 Å². The highest BCUT2D eigenvalue weighted by molar-refractivity contribution is 5.17. The molecule has 0 aromatic carbocycles. The highest BCUT2D eigenvalue weighted by Gasteiger charge is 1.82. The summed E-state index contributed by atoms with van der Waals surface area (Å²) in [5, 5.41) is 8.42. The van der Waals surface area contributed by atoms with Crippen LogP contribution in [0.1, 0.15) is 20.3 Å². The lowest BCUT2D eigenvalue weighted by Crippen LogP contribution is -1.81. The van der Waals surface area contributed by atoms with Crippen LogP contribution in [0, 0.1) is 0 Å². The van der Waals surface area contributed by atoms with Gasteiger partial charge in [0.25, 0.3) is 0 Å². The highest BCUT2D eigenvalue weighted by atomic mass is 16.2. The Morgan fingerprint density at radius 2 is 2.00 bits per heavy atom. The highest BCUT2D eigenvalue weighted by Crippen LogP contribution is 1.97. The zero-order valence-corrected chi connectivity index (χ0v) is 7.51. The minimum absolute atomic E-state index is 0.167. The van der Waals surface area contributed by atoms with Crippen LogP contribution in [0.4, 0.5) is 0 Å². The van der Waals surface area contributed by atoms with Crippen LogP contribution >= 0.6 is 0 Å². The molecule has 0 saturated heterocycles. The number of aliphatic hydroxyl groups excluding tert-OH is 1. The van der Waals surface area contributed by atoms with Crippen LogP contribution in [0.25, 0.3) is 0 Å². The quantitative estimate of drug-likeness (QED) is 0.617. The van der Waals surface area contributed by atoms with Gasteiger partial charge in [0.1, 0.15) is 0 Å². The fourth-order valence-electron chi connectivity index (χ4n) is 0.431. The van der Waals surface area contributed by atoms with Gasteiger partial charge in [0.15, 0.2) is 0 Å². The van der Waals surface area contributed by atoms with Crippen molar-refractivity contribution in [1.29, 1.82) is 0 Å². The van der Waals surface area contributed by atoms with Crippen molar-refractivity contribution in [1.82, 2.24) is 0 Å². The molecule has 1 N–H and O–H groups in total. The molecule has 0 fully saturated rings. The van der Waals surface area contributed by atoms with E-state index in [1.807, 2.05) is 19.9 Å². The molecule has 0 aromatic rings. The predicted molar refractivity (Wildman–Crippen MR) is 51.5 cm³/mol. The van der Waals surface area contributed by atoms with Gasteiger partial charge in [-0.05, 0) is 6.42 Å². The number of allylic oxidation sites excluding steroid dienone is 3. The Hall–Kier alpha value is -0.820. The molecule has 11 heavy (non-hydrogen) atoms. The molecule has 64 valence electrons. The van der Waals surface area contributed by atoms with E-state index < -0.39 is 0 Å². The van der Waals surface area contributed by atoms with Crippen LogP contribution in [0.2, 0.25) is 0 Å². The Morgan fingerprint density at radius 1 is 1.45 bits per heavy atom. The van der Waals surface area contributed by atoms with E-state index in [4.69, 9.17) is 5.11 Å². The Morgan fingerprint density at radius 3 is 2.36 bits per heavy atom. The third-order valence-corrected chi connectivity index (χ3v) is 0.901. The minimum atomic E-state index is 0.167. The smallest absolute Gasteiger partial charge is 0.0471 e. The van der Waals surface area contributed by atoms with Gasteiger partial charge in [-0.15, -0.1) is 0 Å². The SMILES string of the molecule is C=C/C=C\C(=C)CCO.CC. The van der Waals surface area contributed by atoms with E-state index in [1.54, 1.807) is 12.2 Å². The molecule has 0 aliphatic heterocycles. The third kappa shape index (κ3) is 12.4. The van der Waals surface area contributed by atoms with Gasteiger partial charge in [-0.25, -0.2) is 0 Å². The summed E-state index contributed by atoms with van der Waals surface area (Å²) >= 11 is 0. The van der Waals surface area contributed by atoms with Gasteiger partial charge in [-0.3, -0.25) is 0 Å². The zero-order valence-electron chi connectivity index (χ0n) is 7.51. The lowest BCUT2D eigenvalue weighted by atomic mass is 10.2. The first-order chi connectivity index (χ1) is 5.31. The van der Waals surface area contributed by atoms with Gasteiger partial charge in [0, 0.05) is 6.61 Å². The van der Waals surface area contributed by atoms with Crippen molar-refractivity contribution < 1.29 is 5.11 Å². The van der Waals surface area contributed by atoms with Crippen molar-refractivity contribution in [2.75, 3.05) is 6.61 Å². The zero-order chi connectivity index (χ0) is 9.11. The van der Waals surface area contributed by atoms with Crippen LogP contribution in [0.3, 0.4) is 0 Å². The van der Waals surface area contributed by atoms with Gasteiger partial charge >= 0.3 is 0 Å². The maximum atomic E-state index is 8.42. The molecule has 0 spiro atoms. The predicted octanol–water partition coefficient (Wildman–Crippen LogP) is 2.69. The molecule has 0 saturated carbocycles. The molecule has 0 aromatic heterocycles. The average molecular weight is 154 g/mol. The fraction of sp³-hybridized carbons (Fsp3) is 0.400. The van der Waals surface area contributed by atoms with Crippen molar-refractivity contribution in [2.24, 2.45) is 0 Å². The summed E-state index contributed by atoms with van der Waals surface area (Å²) in [6.07, 6.45) is 5.97. The fourth-order valence-corrected chi connectivity index (χ4v) is 0.431. The van der Waals surface area contributed by atoms with Gasteiger partial charge in [0.05, 0.1) is 0 Å². The van der Waals surface area contributed by atoms with Crippen molar-refractivity contribution in [3.05, 3.63) is 37.0 Å². The van der Waals surface area contributed by atoms with Crippen LogP contribution in [0.5, 0.6) is 0 Å². The molecular formula is C10H18O. The summed E-state index contributed by atoms with van der Waals surface area (Å²) in [5.41, 5.74) is 0.928. The summed E-state index contributed by atoms with van der Waals surface area (Å²) < 4.78 is 0.